The third kappa shape index (κ3) is 2.84. The van der Waals surface area contributed by atoms with Gasteiger partial charge in [-0.1, -0.05) is 46.7 Å². The van der Waals surface area contributed by atoms with E-state index in [-0.39, 0.29) is 57.4 Å². The maximum Gasteiger partial charge on any atom is 0.305 e. The number of fused-ring (bicyclic) bond motifs is 9. The maximum absolute atomic E-state index is 13.7. The Kier molecular flexibility index (Phi) is 4.67. The molecule has 3 heterocycles. The number of aromatic nitrogens is 1. The van der Waals surface area contributed by atoms with Gasteiger partial charge in [0.1, 0.15) is 0 Å². The van der Waals surface area contributed by atoms with Gasteiger partial charge in [-0.05, 0) is 66.1 Å². The van der Waals surface area contributed by atoms with E-state index in [2.05, 4.69) is 4.98 Å². The molecule has 34 heavy (non-hydrogen) atoms. The Morgan fingerprint density at radius 1 is 0.853 bits per heavy atom. The summed E-state index contributed by atoms with van der Waals surface area (Å²) in [6, 6.07) is 14.7. The van der Waals surface area contributed by atoms with Crippen molar-refractivity contribution in [3.05, 3.63) is 78.7 Å². The van der Waals surface area contributed by atoms with Crippen molar-refractivity contribution < 1.29 is 9.59 Å². The summed E-state index contributed by atoms with van der Waals surface area (Å²) in [5, 5.41) is 2.31. The first-order chi connectivity index (χ1) is 16.4. The van der Waals surface area contributed by atoms with Crippen LogP contribution >= 0.6 is 46.3 Å². The van der Waals surface area contributed by atoms with Crippen molar-refractivity contribution in [3.8, 4) is 0 Å². The Hall–Kier alpha value is -2.06. The van der Waals surface area contributed by atoms with Crippen LogP contribution < -0.4 is 9.77 Å². The summed E-state index contributed by atoms with van der Waals surface area (Å²) in [5.74, 6) is -0.448. The number of rotatable bonds is 2. The van der Waals surface area contributed by atoms with Crippen LogP contribution in [-0.2, 0) is 9.59 Å². The molecule has 5 nitrogen and oxygen atoms in total. The summed E-state index contributed by atoms with van der Waals surface area (Å²) >= 11 is 15.2. The average Bonchev–Trinajstić information content (AvgIpc) is 3.54. The number of nitrogens with one attached hydrogen (secondary N) is 1. The number of H-pyrrole nitrogens is 1. The number of hydrogen-bond acceptors (Lipinski definition) is 5. The maximum atomic E-state index is 13.7. The molecule has 0 spiro atoms. The molecule has 9 heteroatoms. The number of hydrogen-bond donors (Lipinski definition) is 1. The third-order valence-corrected chi connectivity index (χ3v) is 11.1. The van der Waals surface area contributed by atoms with E-state index in [0.29, 0.717) is 15.7 Å². The van der Waals surface area contributed by atoms with Crippen LogP contribution in [0.5, 0.6) is 0 Å². The van der Waals surface area contributed by atoms with E-state index in [1.54, 1.807) is 36.0 Å². The van der Waals surface area contributed by atoms with Crippen LogP contribution in [0.25, 0.3) is 0 Å². The fraction of sp³-hybridized carbons (Fsp3) is 0.320. The highest BCUT2D eigenvalue weighted by atomic mass is 35.5. The molecular weight excluding hydrogens is 511 g/mol. The van der Waals surface area contributed by atoms with Gasteiger partial charge in [-0.25, -0.2) is 0 Å². The number of halogens is 2. The Morgan fingerprint density at radius 2 is 1.47 bits per heavy atom. The first-order valence-corrected chi connectivity index (χ1v) is 13.7. The molecule has 1 N–H and O–H groups in total. The van der Waals surface area contributed by atoms with Crippen LogP contribution in [0.2, 0.25) is 10.0 Å². The van der Waals surface area contributed by atoms with Gasteiger partial charge in [-0.3, -0.25) is 19.3 Å². The number of carbonyl (C=O) groups excluding carboxylic acids is 2. The molecule has 7 atom stereocenters. The summed E-state index contributed by atoms with van der Waals surface area (Å²) in [6.45, 7) is 0. The smallest absolute Gasteiger partial charge is 0.305 e. The first kappa shape index (κ1) is 21.2. The minimum Gasteiger partial charge on any atom is -0.307 e. The minimum absolute atomic E-state index is 0.00546. The van der Waals surface area contributed by atoms with Crippen LogP contribution in [0.1, 0.15) is 22.8 Å². The van der Waals surface area contributed by atoms with Gasteiger partial charge >= 0.3 is 4.87 Å². The molecule has 2 saturated carbocycles. The van der Waals surface area contributed by atoms with Crippen molar-refractivity contribution in [1.29, 1.82) is 0 Å². The fourth-order valence-electron chi connectivity index (χ4n) is 6.90. The number of benzene rings is 2. The number of thioether (sulfide) groups is 1. The molecule has 2 aliphatic heterocycles. The van der Waals surface area contributed by atoms with Crippen LogP contribution in [-0.4, -0.2) is 22.0 Å². The molecule has 2 amide bonds. The third-order valence-electron chi connectivity index (χ3n) is 8.04. The topological polar surface area (TPSA) is 70.2 Å². The Balaban J connectivity index is 1.32. The highest BCUT2D eigenvalue weighted by Crippen LogP contribution is 2.68. The number of thiazole rings is 1. The minimum atomic E-state index is -0.318. The lowest BCUT2D eigenvalue weighted by Crippen LogP contribution is -2.42. The number of nitrogens with zero attached hydrogens (tertiary/aromatic N) is 1. The van der Waals surface area contributed by atoms with E-state index in [1.165, 1.54) is 16.2 Å². The highest BCUT2D eigenvalue weighted by Gasteiger charge is 2.69. The molecule has 172 valence electrons. The molecular formula is C25H18Cl2N2O3S2. The van der Waals surface area contributed by atoms with Gasteiger partial charge in [0, 0.05) is 26.1 Å². The SMILES string of the molecule is O=C1[C@@H]2[C@@H]3C[C@H]([C@@H]2C(=O)N1c1ccc(Cl)cc1)[C@H]1[C@H](c2ccc(Cl)cc2)c2sc(=O)[nH]c2S[C@H]31. The number of amides is 2. The van der Waals surface area contributed by atoms with Crippen molar-refractivity contribution in [2.45, 2.75) is 22.6 Å². The number of aromatic amines is 1. The van der Waals surface area contributed by atoms with Crippen LogP contribution in [0.15, 0.2) is 58.4 Å². The van der Waals surface area contributed by atoms with Crippen LogP contribution in [0, 0.1) is 29.6 Å². The standard InChI is InChI=1S/C25H18Cl2N2O3S2/c26-11-3-1-10(2-4-11)16-17-14-9-15(20(17)33-22-21(16)34-25(32)28-22)19-18(14)23(30)29(24(19)31)13-7-5-12(27)6-8-13/h1-8,14-20H,9H2,(H,28,32)/t14-,15-,16-,17-,18-,19+,20+/m0/s1. The zero-order chi connectivity index (χ0) is 23.3. The van der Waals surface area contributed by atoms with Gasteiger partial charge in [0.2, 0.25) is 11.8 Å². The lowest BCUT2D eigenvalue weighted by Gasteiger charge is -2.43. The molecule has 0 radical (unpaired) electrons. The molecule has 7 rings (SSSR count). The molecule has 2 bridgehead atoms. The molecule has 2 aromatic carbocycles. The summed E-state index contributed by atoms with van der Waals surface area (Å²) in [4.78, 5) is 44.9. The molecule has 4 aliphatic rings. The van der Waals surface area contributed by atoms with Gasteiger partial charge in [-0.2, -0.15) is 0 Å². The Morgan fingerprint density at radius 3 is 2.15 bits per heavy atom. The largest absolute Gasteiger partial charge is 0.307 e. The van der Waals surface area contributed by atoms with Crippen LogP contribution in [0.4, 0.5) is 5.69 Å². The van der Waals surface area contributed by atoms with Gasteiger partial charge in [0.15, 0.2) is 0 Å². The van der Waals surface area contributed by atoms with Gasteiger partial charge in [-0.15, -0.1) is 11.8 Å². The predicted octanol–water partition coefficient (Wildman–Crippen LogP) is 5.42. The second kappa shape index (κ2) is 7.47. The second-order valence-corrected chi connectivity index (χ2v) is 12.6. The molecule has 2 aliphatic carbocycles. The quantitative estimate of drug-likeness (QED) is 0.450. The number of imide groups is 1. The van der Waals surface area contributed by atoms with Crippen LogP contribution in [0.3, 0.4) is 0 Å². The van der Waals surface area contributed by atoms with E-state index in [1.807, 2.05) is 24.3 Å². The van der Waals surface area contributed by atoms with E-state index in [4.69, 9.17) is 23.2 Å². The molecule has 3 aromatic rings. The Labute approximate surface area is 213 Å². The van der Waals surface area contributed by atoms with E-state index >= 15 is 0 Å². The van der Waals surface area contributed by atoms with Crippen molar-refractivity contribution in [2.24, 2.45) is 29.6 Å². The van der Waals surface area contributed by atoms with E-state index in [0.717, 1.165) is 21.9 Å². The summed E-state index contributed by atoms with van der Waals surface area (Å²) in [6.07, 6.45) is 0.868. The number of carbonyl (C=O) groups is 2. The first-order valence-electron chi connectivity index (χ1n) is 11.2. The molecule has 1 aromatic heterocycles. The molecule has 1 saturated heterocycles. The second-order valence-electron chi connectivity index (χ2n) is 9.50. The molecule has 3 fully saturated rings. The van der Waals surface area contributed by atoms with Crippen molar-refractivity contribution in [3.63, 3.8) is 0 Å². The van der Waals surface area contributed by atoms with Gasteiger partial charge in [0.05, 0.1) is 22.5 Å². The summed E-state index contributed by atoms with van der Waals surface area (Å²) in [5.41, 5.74) is 1.69. The number of anilines is 1. The van der Waals surface area contributed by atoms with Crippen molar-refractivity contribution in [2.75, 3.05) is 4.90 Å². The normalized spacial score (nSPS) is 33.2. The van der Waals surface area contributed by atoms with Gasteiger partial charge < -0.3 is 4.98 Å². The fourth-order valence-corrected chi connectivity index (χ4v) is 10.0. The van der Waals surface area contributed by atoms with Gasteiger partial charge in [0.25, 0.3) is 0 Å². The summed E-state index contributed by atoms with van der Waals surface area (Å²) < 4.78 is 0. The van der Waals surface area contributed by atoms with E-state index in [9.17, 15) is 14.4 Å². The lowest BCUT2D eigenvalue weighted by atomic mass is 9.68. The zero-order valence-corrected chi connectivity index (χ0v) is 20.8. The predicted molar refractivity (Wildman–Crippen MR) is 134 cm³/mol. The average molecular weight is 529 g/mol. The Bertz CT molecular complexity index is 1400. The summed E-state index contributed by atoms with van der Waals surface area (Å²) in [7, 11) is 0. The monoisotopic (exact) mass is 528 g/mol. The highest BCUT2D eigenvalue weighted by molar-refractivity contribution is 8.00. The van der Waals surface area contributed by atoms with Crippen molar-refractivity contribution >= 4 is 63.8 Å². The van der Waals surface area contributed by atoms with E-state index < -0.39 is 0 Å². The molecule has 0 unspecified atom stereocenters. The lowest BCUT2D eigenvalue weighted by molar-refractivity contribution is -0.123. The zero-order valence-electron chi connectivity index (χ0n) is 17.6. The van der Waals surface area contributed by atoms with Crippen molar-refractivity contribution in [1.82, 2.24) is 4.98 Å².